The smallest absolute Gasteiger partial charge is 0.183 e. The van der Waals surface area contributed by atoms with Gasteiger partial charge in [0.2, 0.25) is 0 Å². The van der Waals surface area contributed by atoms with Crippen LogP contribution < -0.4 is 0 Å². The highest BCUT2D eigenvalue weighted by Crippen LogP contribution is 2.15. The lowest BCUT2D eigenvalue weighted by Gasteiger charge is -2.02. The second-order valence-corrected chi connectivity index (χ2v) is 4.52. The van der Waals surface area contributed by atoms with Crippen LogP contribution in [0, 0.1) is 12.8 Å². The van der Waals surface area contributed by atoms with Crippen LogP contribution in [0.3, 0.4) is 0 Å². The van der Waals surface area contributed by atoms with Gasteiger partial charge in [-0.05, 0) is 6.92 Å². The van der Waals surface area contributed by atoms with Crippen LogP contribution >= 0.6 is 0 Å². The summed E-state index contributed by atoms with van der Waals surface area (Å²) in [7, 11) is 0. The minimum Gasteiger partial charge on any atom is -0.355 e. The van der Waals surface area contributed by atoms with Crippen molar-refractivity contribution in [2.75, 3.05) is 0 Å². The van der Waals surface area contributed by atoms with Gasteiger partial charge in [-0.3, -0.25) is 4.79 Å². The summed E-state index contributed by atoms with van der Waals surface area (Å²) in [5.74, 6) is 0.862. The predicted octanol–water partition coefficient (Wildman–Crippen LogP) is 2.15. The summed E-state index contributed by atoms with van der Waals surface area (Å²) in [6.45, 7) is 5.63. The predicted molar refractivity (Wildman–Crippen MR) is 64.3 cm³/mol. The van der Waals surface area contributed by atoms with Crippen molar-refractivity contribution in [3.05, 3.63) is 17.5 Å². The van der Waals surface area contributed by atoms with E-state index in [2.05, 4.69) is 15.4 Å². The van der Waals surface area contributed by atoms with Crippen molar-refractivity contribution in [2.24, 2.45) is 16.1 Å². The van der Waals surface area contributed by atoms with Crippen molar-refractivity contribution in [2.45, 2.75) is 33.6 Å². The SMILES string of the molecule is Cc1cc(C2=NN=C(CC(=O)C(C)C)C2)on1. The Balaban J connectivity index is 1.96. The number of Topliss-reactive ketones (excluding diaryl/α,β-unsaturated/α-hetero) is 1. The second-order valence-electron chi connectivity index (χ2n) is 4.52. The van der Waals surface area contributed by atoms with Gasteiger partial charge < -0.3 is 4.52 Å². The molecule has 0 radical (unpaired) electrons. The first kappa shape index (κ1) is 11.7. The molecule has 2 rings (SSSR count). The first-order valence-corrected chi connectivity index (χ1v) is 5.65. The molecule has 0 N–H and O–H groups in total. The van der Waals surface area contributed by atoms with Crippen LogP contribution in [-0.2, 0) is 4.79 Å². The number of carbonyl (C=O) groups is 1. The number of aryl methyl sites for hydroxylation is 1. The number of rotatable bonds is 4. The molecule has 0 aliphatic carbocycles. The topological polar surface area (TPSA) is 67.8 Å². The lowest BCUT2D eigenvalue weighted by Crippen LogP contribution is -2.13. The van der Waals surface area contributed by atoms with Crippen LogP contribution in [0.2, 0.25) is 0 Å². The summed E-state index contributed by atoms with van der Waals surface area (Å²) in [6, 6.07) is 1.82. The molecule has 0 saturated heterocycles. The minimum atomic E-state index is 0.0364. The van der Waals surface area contributed by atoms with E-state index in [0.29, 0.717) is 18.6 Å². The molecular formula is C12H15N3O2. The van der Waals surface area contributed by atoms with Gasteiger partial charge in [0, 0.05) is 24.8 Å². The molecule has 0 unspecified atom stereocenters. The maximum Gasteiger partial charge on any atom is 0.183 e. The fourth-order valence-electron chi connectivity index (χ4n) is 1.53. The Kier molecular flexibility index (Phi) is 3.17. The van der Waals surface area contributed by atoms with E-state index in [-0.39, 0.29) is 11.7 Å². The van der Waals surface area contributed by atoms with Crippen molar-refractivity contribution in [3.8, 4) is 0 Å². The molecule has 2 heterocycles. The first-order valence-electron chi connectivity index (χ1n) is 5.65. The zero-order chi connectivity index (χ0) is 12.4. The molecule has 90 valence electrons. The van der Waals surface area contributed by atoms with Gasteiger partial charge in [-0.25, -0.2) is 0 Å². The molecule has 0 amide bonds. The molecule has 0 atom stereocenters. The van der Waals surface area contributed by atoms with Crippen LogP contribution in [0.5, 0.6) is 0 Å². The summed E-state index contributed by atoms with van der Waals surface area (Å²) in [5, 5.41) is 11.9. The zero-order valence-corrected chi connectivity index (χ0v) is 10.2. The number of aromatic nitrogens is 1. The molecule has 17 heavy (non-hydrogen) atoms. The molecule has 1 aliphatic rings. The maximum atomic E-state index is 11.6. The first-order chi connectivity index (χ1) is 8.06. The quantitative estimate of drug-likeness (QED) is 0.800. The van der Waals surface area contributed by atoms with E-state index in [1.165, 1.54) is 0 Å². The Morgan fingerprint density at radius 3 is 2.82 bits per heavy atom. The van der Waals surface area contributed by atoms with E-state index < -0.39 is 0 Å². The number of carbonyl (C=O) groups excluding carboxylic acids is 1. The van der Waals surface area contributed by atoms with E-state index in [1.807, 2.05) is 26.8 Å². The van der Waals surface area contributed by atoms with E-state index in [4.69, 9.17) is 4.52 Å². The standard InChI is InChI=1S/C12H15N3O2/c1-7(2)11(16)6-9-5-10(14-13-9)12-4-8(3)15-17-12/h4,7H,5-6H2,1-3H3. The van der Waals surface area contributed by atoms with Gasteiger partial charge in [0.15, 0.2) is 5.76 Å². The summed E-state index contributed by atoms with van der Waals surface area (Å²) in [5.41, 5.74) is 2.36. The van der Waals surface area contributed by atoms with Crippen molar-refractivity contribution in [3.63, 3.8) is 0 Å². The van der Waals surface area contributed by atoms with E-state index in [9.17, 15) is 4.79 Å². The summed E-state index contributed by atoms with van der Waals surface area (Å²) >= 11 is 0. The zero-order valence-electron chi connectivity index (χ0n) is 10.2. The van der Waals surface area contributed by atoms with Crippen LogP contribution in [0.15, 0.2) is 20.8 Å². The molecule has 1 aliphatic heterocycles. The fraction of sp³-hybridized carbons (Fsp3) is 0.500. The van der Waals surface area contributed by atoms with E-state index >= 15 is 0 Å². The average molecular weight is 233 g/mol. The van der Waals surface area contributed by atoms with E-state index in [1.54, 1.807) is 0 Å². The second kappa shape index (κ2) is 4.61. The molecule has 0 aromatic carbocycles. The third kappa shape index (κ3) is 2.67. The number of ketones is 1. The van der Waals surface area contributed by atoms with Gasteiger partial charge in [0.05, 0.1) is 11.4 Å². The summed E-state index contributed by atoms with van der Waals surface area (Å²) < 4.78 is 5.11. The molecular weight excluding hydrogens is 218 g/mol. The Bertz CT molecular complexity index is 498. The summed E-state index contributed by atoms with van der Waals surface area (Å²) in [6.07, 6.45) is 0.949. The van der Waals surface area contributed by atoms with Gasteiger partial charge in [-0.2, -0.15) is 10.2 Å². The van der Waals surface area contributed by atoms with Crippen molar-refractivity contribution >= 4 is 17.2 Å². The average Bonchev–Trinajstić information content (AvgIpc) is 2.86. The van der Waals surface area contributed by atoms with Crippen molar-refractivity contribution < 1.29 is 9.32 Å². The highest BCUT2D eigenvalue weighted by Gasteiger charge is 2.20. The number of hydrogen-bond donors (Lipinski definition) is 0. The number of nitrogens with zero attached hydrogens (tertiary/aromatic N) is 3. The Labute approximate surface area is 99.6 Å². The van der Waals surface area contributed by atoms with Gasteiger partial charge in [-0.15, -0.1) is 0 Å². The molecule has 1 aromatic heterocycles. The van der Waals surface area contributed by atoms with Crippen molar-refractivity contribution in [1.29, 1.82) is 0 Å². The molecule has 0 saturated carbocycles. The van der Waals surface area contributed by atoms with Crippen LogP contribution in [0.4, 0.5) is 0 Å². The van der Waals surface area contributed by atoms with Crippen LogP contribution in [-0.4, -0.2) is 22.4 Å². The third-order valence-corrected chi connectivity index (χ3v) is 2.62. The lowest BCUT2D eigenvalue weighted by atomic mass is 10.0. The minimum absolute atomic E-state index is 0.0364. The molecule has 0 spiro atoms. The molecule has 5 nitrogen and oxygen atoms in total. The highest BCUT2D eigenvalue weighted by atomic mass is 16.5. The van der Waals surface area contributed by atoms with Gasteiger partial charge in [-0.1, -0.05) is 19.0 Å². The van der Waals surface area contributed by atoms with Crippen molar-refractivity contribution in [1.82, 2.24) is 5.16 Å². The lowest BCUT2D eigenvalue weighted by molar-refractivity contribution is -0.120. The van der Waals surface area contributed by atoms with Crippen LogP contribution in [0.25, 0.3) is 0 Å². The molecule has 1 aromatic rings. The fourth-order valence-corrected chi connectivity index (χ4v) is 1.53. The Hall–Kier alpha value is -1.78. The molecule has 0 fully saturated rings. The van der Waals surface area contributed by atoms with Crippen LogP contribution in [0.1, 0.15) is 38.1 Å². The normalized spacial score (nSPS) is 15.1. The molecule has 5 heteroatoms. The summed E-state index contributed by atoms with van der Waals surface area (Å²) in [4.78, 5) is 11.6. The van der Waals surface area contributed by atoms with Gasteiger partial charge >= 0.3 is 0 Å². The Morgan fingerprint density at radius 2 is 2.24 bits per heavy atom. The molecule has 0 bridgehead atoms. The third-order valence-electron chi connectivity index (χ3n) is 2.62. The van der Waals surface area contributed by atoms with Gasteiger partial charge in [0.25, 0.3) is 0 Å². The Morgan fingerprint density at radius 1 is 1.47 bits per heavy atom. The highest BCUT2D eigenvalue weighted by molar-refractivity contribution is 6.17. The largest absolute Gasteiger partial charge is 0.355 e. The van der Waals surface area contributed by atoms with Gasteiger partial charge in [0.1, 0.15) is 11.5 Å². The number of hydrogen-bond acceptors (Lipinski definition) is 5. The maximum absolute atomic E-state index is 11.6. The monoisotopic (exact) mass is 233 g/mol. The van der Waals surface area contributed by atoms with E-state index in [0.717, 1.165) is 17.1 Å².